The van der Waals surface area contributed by atoms with Crippen molar-refractivity contribution in [1.82, 2.24) is 10.1 Å². The van der Waals surface area contributed by atoms with Gasteiger partial charge in [0.2, 0.25) is 11.7 Å². The van der Waals surface area contributed by atoms with E-state index in [1.54, 1.807) is 12.1 Å². The molecule has 1 aromatic heterocycles. The van der Waals surface area contributed by atoms with Gasteiger partial charge in [0.15, 0.2) is 9.84 Å². The predicted molar refractivity (Wildman–Crippen MR) is 79.9 cm³/mol. The molecule has 1 heterocycles. The summed E-state index contributed by atoms with van der Waals surface area (Å²) in [6.45, 7) is 0. The van der Waals surface area contributed by atoms with Crippen molar-refractivity contribution in [2.75, 3.05) is 6.26 Å². The standard InChI is InChI=1S/C15H18N2O4S/c1-22(19,20)12-7-5-10(6-8-12)15-16-14(21-17-15)9-11-3-2-4-13(11)18/h5-8,11,13,18H,2-4,9H2,1H3/t11-,13+/m0/s1. The first-order chi connectivity index (χ1) is 10.4. The Morgan fingerprint density at radius 3 is 2.59 bits per heavy atom. The van der Waals surface area contributed by atoms with Crippen LogP contribution in [-0.4, -0.2) is 36.0 Å². The molecule has 0 unspecified atom stereocenters. The Labute approximate surface area is 129 Å². The molecule has 3 rings (SSSR count). The van der Waals surface area contributed by atoms with Crippen molar-refractivity contribution in [3.8, 4) is 11.4 Å². The van der Waals surface area contributed by atoms with Gasteiger partial charge in [0.1, 0.15) is 0 Å². The van der Waals surface area contributed by atoms with Crippen molar-refractivity contribution < 1.29 is 18.0 Å². The van der Waals surface area contributed by atoms with Crippen LogP contribution in [-0.2, 0) is 16.3 Å². The third kappa shape index (κ3) is 3.20. The summed E-state index contributed by atoms with van der Waals surface area (Å²) in [7, 11) is -3.21. The first kappa shape index (κ1) is 15.2. The van der Waals surface area contributed by atoms with Crippen LogP contribution in [0.4, 0.5) is 0 Å². The SMILES string of the molecule is CS(=O)(=O)c1ccc(-c2noc(C[C@@H]3CCC[C@H]3O)n2)cc1. The minimum atomic E-state index is -3.21. The van der Waals surface area contributed by atoms with Crippen LogP contribution in [0, 0.1) is 5.92 Å². The quantitative estimate of drug-likeness (QED) is 0.923. The Morgan fingerprint density at radius 1 is 1.27 bits per heavy atom. The van der Waals surface area contributed by atoms with Crippen LogP contribution in [0.2, 0.25) is 0 Å². The molecule has 1 saturated carbocycles. The zero-order valence-electron chi connectivity index (χ0n) is 12.3. The van der Waals surface area contributed by atoms with Gasteiger partial charge in [0.25, 0.3) is 0 Å². The summed E-state index contributed by atoms with van der Waals surface area (Å²) in [6, 6.07) is 6.38. The molecule has 1 aliphatic carbocycles. The number of nitrogens with zero attached hydrogens (tertiary/aromatic N) is 2. The van der Waals surface area contributed by atoms with E-state index in [-0.39, 0.29) is 16.9 Å². The van der Waals surface area contributed by atoms with Crippen LogP contribution >= 0.6 is 0 Å². The van der Waals surface area contributed by atoms with Gasteiger partial charge in [0.05, 0.1) is 11.0 Å². The summed E-state index contributed by atoms with van der Waals surface area (Å²) in [6.07, 6.45) is 4.29. The van der Waals surface area contributed by atoms with E-state index in [1.807, 2.05) is 0 Å². The van der Waals surface area contributed by atoms with Crippen LogP contribution in [0.15, 0.2) is 33.7 Å². The Hall–Kier alpha value is -1.73. The maximum Gasteiger partial charge on any atom is 0.227 e. The van der Waals surface area contributed by atoms with Gasteiger partial charge in [0, 0.05) is 18.2 Å². The lowest BCUT2D eigenvalue weighted by Crippen LogP contribution is -2.15. The van der Waals surface area contributed by atoms with Crippen LogP contribution < -0.4 is 0 Å². The molecular weight excluding hydrogens is 304 g/mol. The van der Waals surface area contributed by atoms with E-state index >= 15 is 0 Å². The Morgan fingerprint density at radius 2 is 2.00 bits per heavy atom. The molecule has 7 heteroatoms. The topological polar surface area (TPSA) is 93.3 Å². The smallest absolute Gasteiger partial charge is 0.227 e. The Balaban J connectivity index is 1.76. The molecule has 0 spiro atoms. The van der Waals surface area contributed by atoms with E-state index in [0.29, 0.717) is 23.7 Å². The van der Waals surface area contributed by atoms with Crippen LogP contribution in [0.3, 0.4) is 0 Å². The summed E-state index contributed by atoms with van der Waals surface area (Å²) in [5.74, 6) is 1.12. The summed E-state index contributed by atoms with van der Waals surface area (Å²) >= 11 is 0. The number of aliphatic hydroxyl groups is 1. The van der Waals surface area contributed by atoms with Crippen molar-refractivity contribution in [1.29, 1.82) is 0 Å². The fourth-order valence-electron chi connectivity index (χ4n) is 2.79. The second-order valence-electron chi connectivity index (χ2n) is 5.77. The molecule has 118 valence electrons. The molecule has 0 saturated heterocycles. The number of aromatic nitrogens is 2. The normalized spacial score (nSPS) is 22.1. The van der Waals surface area contributed by atoms with E-state index in [4.69, 9.17) is 4.52 Å². The van der Waals surface area contributed by atoms with Crippen LogP contribution in [0.1, 0.15) is 25.2 Å². The minimum absolute atomic E-state index is 0.181. The van der Waals surface area contributed by atoms with E-state index in [1.165, 1.54) is 18.4 Å². The maximum absolute atomic E-state index is 11.4. The molecule has 1 aromatic carbocycles. The highest BCUT2D eigenvalue weighted by Gasteiger charge is 2.27. The van der Waals surface area contributed by atoms with Crippen molar-refractivity contribution in [3.05, 3.63) is 30.2 Å². The zero-order valence-corrected chi connectivity index (χ0v) is 13.1. The van der Waals surface area contributed by atoms with Crippen molar-refractivity contribution in [3.63, 3.8) is 0 Å². The molecular formula is C15H18N2O4S. The zero-order chi connectivity index (χ0) is 15.7. The molecule has 2 atom stereocenters. The summed E-state index contributed by atoms with van der Waals surface area (Å²) in [5.41, 5.74) is 0.703. The van der Waals surface area contributed by atoms with E-state index in [2.05, 4.69) is 10.1 Å². The highest BCUT2D eigenvalue weighted by molar-refractivity contribution is 7.90. The molecule has 1 N–H and O–H groups in total. The second kappa shape index (κ2) is 5.81. The van der Waals surface area contributed by atoms with Gasteiger partial charge in [-0.1, -0.05) is 11.6 Å². The first-order valence-corrected chi connectivity index (χ1v) is 9.14. The van der Waals surface area contributed by atoms with Crippen molar-refractivity contribution in [2.24, 2.45) is 5.92 Å². The highest BCUT2D eigenvalue weighted by atomic mass is 32.2. The Bertz CT molecular complexity index is 752. The fourth-order valence-corrected chi connectivity index (χ4v) is 3.42. The van der Waals surface area contributed by atoms with Gasteiger partial charge in [-0.25, -0.2) is 8.42 Å². The number of benzene rings is 1. The Kier molecular flexibility index (Phi) is 4.01. The van der Waals surface area contributed by atoms with E-state index < -0.39 is 9.84 Å². The minimum Gasteiger partial charge on any atom is -0.393 e. The number of sulfone groups is 1. The molecule has 0 amide bonds. The second-order valence-corrected chi connectivity index (χ2v) is 7.79. The molecule has 0 aliphatic heterocycles. The lowest BCUT2D eigenvalue weighted by Gasteiger charge is -2.10. The van der Waals surface area contributed by atoms with Gasteiger partial charge >= 0.3 is 0 Å². The molecule has 1 aliphatic rings. The lowest BCUT2D eigenvalue weighted by atomic mass is 10.0. The van der Waals surface area contributed by atoms with Crippen molar-refractivity contribution >= 4 is 9.84 Å². The summed E-state index contributed by atoms with van der Waals surface area (Å²) in [5, 5.41) is 13.8. The fraction of sp³-hybridized carbons (Fsp3) is 0.467. The number of hydrogen-bond acceptors (Lipinski definition) is 6. The monoisotopic (exact) mass is 322 g/mol. The molecule has 0 bridgehead atoms. The number of hydrogen-bond donors (Lipinski definition) is 1. The summed E-state index contributed by atoms with van der Waals surface area (Å²) < 4.78 is 28.1. The molecule has 2 aromatic rings. The molecule has 6 nitrogen and oxygen atoms in total. The molecule has 1 fully saturated rings. The average molecular weight is 322 g/mol. The van der Waals surface area contributed by atoms with Crippen LogP contribution in [0.25, 0.3) is 11.4 Å². The van der Waals surface area contributed by atoms with Crippen molar-refractivity contribution in [2.45, 2.75) is 36.7 Å². The largest absolute Gasteiger partial charge is 0.393 e. The van der Waals surface area contributed by atoms with Gasteiger partial charge in [-0.15, -0.1) is 0 Å². The predicted octanol–water partition coefficient (Wildman–Crippen LogP) is 1.84. The van der Waals surface area contributed by atoms with E-state index in [9.17, 15) is 13.5 Å². The van der Waals surface area contributed by atoms with Gasteiger partial charge in [-0.05, 0) is 43.0 Å². The lowest BCUT2D eigenvalue weighted by molar-refractivity contribution is 0.127. The number of rotatable bonds is 4. The molecule has 22 heavy (non-hydrogen) atoms. The number of aliphatic hydroxyl groups excluding tert-OH is 1. The average Bonchev–Trinajstić information content (AvgIpc) is 3.09. The third-order valence-electron chi connectivity index (χ3n) is 4.06. The highest BCUT2D eigenvalue weighted by Crippen LogP contribution is 2.29. The maximum atomic E-state index is 11.4. The molecule has 0 radical (unpaired) electrons. The van der Waals surface area contributed by atoms with Gasteiger partial charge in [-0.3, -0.25) is 0 Å². The third-order valence-corrected chi connectivity index (χ3v) is 5.19. The van der Waals surface area contributed by atoms with E-state index in [0.717, 1.165) is 19.3 Å². The van der Waals surface area contributed by atoms with Gasteiger partial charge < -0.3 is 9.63 Å². The summed E-state index contributed by atoms with van der Waals surface area (Å²) in [4.78, 5) is 4.59. The first-order valence-electron chi connectivity index (χ1n) is 7.24. The van der Waals surface area contributed by atoms with Gasteiger partial charge in [-0.2, -0.15) is 4.98 Å². The van der Waals surface area contributed by atoms with Crippen LogP contribution in [0.5, 0.6) is 0 Å².